The van der Waals surface area contributed by atoms with Crippen LogP contribution in [0.2, 0.25) is 0 Å². The van der Waals surface area contributed by atoms with Crippen molar-refractivity contribution in [2.75, 3.05) is 17.2 Å². The first-order valence-corrected chi connectivity index (χ1v) is 8.68. The Morgan fingerprint density at radius 3 is 3.00 bits per heavy atom. The summed E-state index contributed by atoms with van der Waals surface area (Å²) >= 11 is 1.24. The van der Waals surface area contributed by atoms with Crippen LogP contribution in [-0.2, 0) is 11.2 Å². The van der Waals surface area contributed by atoms with Gasteiger partial charge in [0, 0.05) is 12.2 Å². The molecule has 0 unspecified atom stereocenters. The van der Waals surface area contributed by atoms with Gasteiger partial charge in [0.25, 0.3) is 11.1 Å². The molecule has 0 atom stereocenters. The number of carbonyl (C=O) groups is 1. The van der Waals surface area contributed by atoms with E-state index in [1.54, 1.807) is 18.4 Å². The smallest absolute Gasteiger partial charge is 0.284 e. The molecule has 1 aromatic carbocycles. The molecule has 0 spiro atoms. The molecular formula is C17H15N3O3S. The molecule has 3 heterocycles. The minimum Gasteiger partial charge on any atom is -0.459 e. The van der Waals surface area contributed by atoms with E-state index in [1.807, 2.05) is 23.1 Å². The number of rotatable bonds is 4. The molecule has 0 fully saturated rings. The van der Waals surface area contributed by atoms with Gasteiger partial charge in [-0.25, -0.2) is 0 Å². The first-order chi connectivity index (χ1) is 11.8. The average Bonchev–Trinajstić information content (AvgIpc) is 3.30. The number of nitrogens with zero attached hydrogens (tertiary/aromatic N) is 3. The number of aryl methyl sites for hydroxylation is 1. The monoisotopic (exact) mass is 341 g/mol. The van der Waals surface area contributed by atoms with Crippen molar-refractivity contribution < 1.29 is 13.6 Å². The van der Waals surface area contributed by atoms with E-state index in [0.717, 1.165) is 25.1 Å². The maximum atomic E-state index is 12.6. The quantitative estimate of drug-likeness (QED) is 0.677. The Morgan fingerprint density at radius 2 is 2.12 bits per heavy atom. The van der Waals surface area contributed by atoms with Crippen molar-refractivity contribution in [3.05, 3.63) is 48.2 Å². The second-order valence-corrected chi connectivity index (χ2v) is 6.34. The molecule has 0 aliphatic carbocycles. The van der Waals surface area contributed by atoms with Gasteiger partial charge in [0.05, 0.1) is 12.0 Å². The van der Waals surface area contributed by atoms with Crippen LogP contribution >= 0.6 is 11.8 Å². The Kier molecular flexibility index (Phi) is 4.08. The summed E-state index contributed by atoms with van der Waals surface area (Å²) in [5.41, 5.74) is 2.23. The Hall–Kier alpha value is -2.54. The van der Waals surface area contributed by atoms with Gasteiger partial charge in [0.15, 0.2) is 5.76 Å². The summed E-state index contributed by atoms with van der Waals surface area (Å²) < 4.78 is 10.7. The zero-order valence-electron chi connectivity index (χ0n) is 12.8. The van der Waals surface area contributed by atoms with E-state index < -0.39 is 0 Å². The minimum absolute atomic E-state index is 0.0462. The first kappa shape index (κ1) is 15.0. The summed E-state index contributed by atoms with van der Waals surface area (Å²) in [4.78, 5) is 14.4. The van der Waals surface area contributed by atoms with Crippen LogP contribution in [0.4, 0.5) is 5.69 Å². The number of thioether (sulfide) groups is 1. The summed E-state index contributed by atoms with van der Waals surface area (Å²) in [7, 11) is 0. The maximum absolute atomic E-state index is 12.6. The Bertz CT molecular complexity index is 844. The van der Waals surface area contributed by atoms with Gasteiger partial charge < -0.3 is 13.7 Å². The number of anilines is 1. The van der Waals surface area contributed by atoms with Crippen molar-refractivity contribution in [2.24, 2.45) is 0 Å². The zero-order chi connectivity index (χ0) is 16.4. The molecule has 0 N–H and O–H groups in total. The highest BCUT2D eigenvalue weighted by atomic mass is 32.2. The fraction of sp³-hybridized carbons (Fsp3) is 0.235. The van der Waals surface area contributed by atoms with Gasteiger partial charge in [-0.2, -0.15) is 0 Å². The molecule has 1 amide bonds. The van der Waals surface area contributed by atoms with Crippen LogP contribution in [0.25, 0.3) is 11.7 Å². The van der Waals surface area contributed by atoms with E-state index in [4.69, 9.17) is 8.83 Å². The standard InChI is InChI=1S/C17H15N3O3S/c21-15(20-9-3-6-12-5-1-2-7-13(12)20)11-24-17-19-18-16(23-17)14-8-4-10-22-14/h1-2,4-5,7-8,10H,3,6,9,11H2. The van der Waals surface area contributed by atoms with Gasteiger partial charge in [-0.15, -0.1) is 10.2 Å². The van der Waals surface area contributed by atoms with Gasteiger partial charge in [-0.1, -0.05) is 30.0 Å². The predicted molar refractivity (Wildman–Crippen MR) is 89.8 cm³/mol. The highest BCUT2D eigenvalue weighted by Gasteiger charge is 2.23. The number of hydrogen-bond donors (Lipinski definition) is 0. The highest BCUT2D eigenvalue weighted by molar-refractivity contribution is 7.99. The lowest BCUT2D eigenvalue weighted by Crippen LogP contribution is -2.36. The lowest BCUT2D eigenvalue weighted by atomic mass is 10.0. The van der Waals surface area contributed by atoms with Crippen LogP contribution in [0.1, 0.15) is 12.0 Å². The van der Waals surface area contributed by atoms with Crippen molar-refractivity contribution in [2.45, 2.75) is 18.1 Å². The van der Waals surface area contributed by atoms with E-state index in [9.17, 15) is 4.79 Å². The average molecular weight is 341 g/mol. The fourth-order valence-electron chi connectivity index (χ4n) is 2.76. The van der Waals surface area contributed by atoms with Crippen LogP contribution in [-0.4, -0.2) is 28.4 Å². The number of para-hydroxylation sites is 1. The molecule has 2 aromatic heterocycles. The number of amides is 1. The minimum atomic E-state index is 0.0462. The van der Waals surface area contributed by atoms with E-state index in [0.29, 0.717) is 16.9 Å². The van der Waals surface area contributed by atoms with Crippen LogP contribution in [0.15, 0.2) is 56.7 Å². The summed E-state index contributed by atoms with van der Waals surface area (Å²) in [6.45, 7) is 0.748. The van der Waals surface area contributed by atoms with E-state index in [1.165, 1.54) is 17.3 Å². The van der Waals surface area contributed by atoms with Crippen LogP contribution in [0.5, 0.6) is 0 Å². The largest absolute Gasteiger partial charge is 0.459 e. The first-order valence-electron chi connectivity index (χ1n) is 7.70. The third kappa shape index (κ3) is 2.94. The topological polar surface area (TPSA) is 72.4 Å². The van der Waals surface area contributed by atoms with Crippen molar-refractivity contribution >= 4 is 23.4 Å². The molecule has 0 saturated heterocycles. The van der Waals surface area contributed by atoms with Gasteiger partial charge in [-0.05, 0) is 36.6 Å². The van der Waals surface area contributed by atoms with Gasteiger partial charge in [0.2, 0.25) is 5.91 Å². The van der Waals surface area contributed by atoms with Crippen molar-refractivity contribution in [1.29, 1.82) is 0 Å². The predicted octanol–water partition coefficient (Wildman–Crippen LogP) is 3.40. The van der Waals surface area contributed by atoms with Gasteiger partial charge in [-0.3, -0.25) is 4.79 Å². The molecule has 1 aliphatic rings. The number of hydrogen-bond acceptors (Lipinski definition) is 6. The molecular weight excluding hydrogens is 326 g/mol. The number of benzene rings is 1. The summed E-state index contributed by atoms with van der Waals surface area (Å²) in [5, 5.41) is 8.24. The molecule has 1 aliphatic heterocycles. The van der Waals surface area contributed by atoms with Crippen LogP contribution in [0, 0.1) is 0 Å². The Balaban J connectivity index is 1.43. The van der Waals surface area contributed by atoms with E-state index in [-0.39, 0.29) is 11.7 Å². The number of fused-ring (bicyclic) bond motifs is 1. The molecule has 0 radical (unpaired) electrons. The van der Waals surface area contributed by atoms with E-state index >= 15 is 0 Å². The molecule has 3 aromatic rings. The molecule has 0 saturated carbocycles. The number of aromatic nitrogens is 2. The molecule has 7 heteroatoms. The second-order valence-electron chi connectivity index (χ2n) is 5.42. The number of carbonyl (C=O) groups excluding carboxylic acids is 1. The van der Waals surface area contributed by atoms with Crippen LogP contribution < -0.4 is 4.90 Å². The Morgan fingerprint density at radius 1 is 1.21 bits per heavy atom. The van der Waals surface area contributed by atoms with Gasteiger partial charge >= 0.3 is 0 Å². The van der Waals surface area contributed by atoms with E-state index in [2.05, 4.69) is 16.3 Å². The molecule has 122 valence electrons. The highest BCUT2D eigenvalue weighted by Crippen LogP contribution is 2.28. The second kappa shape index (κ2) is 6.52. The van der Waals surface area contributed by atoms with Crippen molar-refractivity contribution in [3.63, 3.8) is 0 Å². The van der Waals surface area contributed by atoms with Crippen molar-refractivity contribution in [1.82, 2.24) is 10.2 Å². The normalized spacial score (nSPS) is 13.8. The lowest BCUT2D eigenvalue weighted by molar-refractivity contribution is -0.116. The zero-order valence-corrected chi connectivity index (χ0v) is 13.7. The number of furan rings is 1. The molecule has 0 bridgehead atoms. The molecule has 24 heavy (non-hydrogen) atoms. The maximum Gasteiger partial charge on any atom is 0.284 e. The Labute approximate surface area is 142 Å². The third-order valence-corrected chi connectivity index (χ3v) is 4.67. The SMILES string of the molecule is O=C(CSc1nnc(-c2ccco2)o1)N1CCCc2ccccc21. The third-order valence-electron chi connectivity index (χ3n) is 3.87. The lowest BCUT2D eigenvalue weighted by Gasteiger charge is -2.29. The van der Waals surface area contributed by atoms with Crippen LogP contribution in [0.3, 0.4) is 0 Å². The summed E-state index contributed by atoms with van der Waals surface area (Å²) in [6, 6.07) is 11.6. The fourth-order valence-corrected chi connectivity index (χ4v) is 3.40. The van der Waals surface area contributed by atoms with Gasteiger partial charge in [0.1, 0.15) is 0 Å². The summed E-state index contributed by atoms with van der Waals surface area (Å²) in [5.74, 6) is 1.14. The summed E-state index contributed by atoms with van der Waals surface area (Å²) in [6.07, 6.45) is 3.55. The molecule has 6 nitrogen and oxygen atoms in total. The van der Waals surface area contributed by atoms with Crippen molar-refractivity contribution in [3.8, 4) is 11.7 Å². The molecule has 4 rings (SSSR count).